The minimum absolute atomic E-state index is 0.141. The van der Waals surface area contributed by atoms with Crippen LogP contribution in [0.3, 0.4) is 0 Å². The molecule has 120 valence electrons. The molecule has 1 aromatic rings. The number of benzene rings is 1. The molecule has 1 aromatic carbocycles. The molecule has 2 atom stereocenters. The van der Waals surface area contributed by atoms with E-state index in [1.165, 1.54) is 6.26 Å². The first-order valence-electron chi connectivity index (χ1n) is 7.42. The summed E-state index contributed by atoms with van der Waals surface area (Å²) in [6.45, 7) is 5.90. The van der Waals surface area contributed by atoms with Crippen molar-refractivity contribution in [1.82, 2.24) is 5.32 Å². The lowest BCUT2D eigenvalue weighted by Gasteiger charge is -2.26. The van der Waals surface area contributed by atoms with Crippen molar-refractivity contribution < 1.29 is 13.2 Å². The van der Waals surface area contributed by atoms with Gasteiger partial charge in [0, 0.05) is 26.0 Å². The van der Waals surface area contributed by atoms with E-state index in [-0.39, 0.29) is 6.04 Å². The van der Waals surface area contributed by atoms with Gasteiger partial charge in [0.2, 0.25) is 0 Å². The normalized spacial score (nSPS) is 14.9. The van der Waals surface area contributed by atoms with Crippen LogP contribution in [0.2, 0.25) is 0 Å². The van der Waals surface area contributed by atoms with Crippen LogP contribution >= 0.6 is 0 Å². The minimum Gasteiger partial charge on any atom is -0.385 e. The molecular formula is C16H27NO3S. The van der Waals surface area contributed by atoms with Crippen LogP contribution in [0, 0.1) is 5.92 Å². The molecule has 21 heavy (non-hydrogen) atoms. The monoisotopic (exact) mass is 313 g/mol. The van der Waals surface area contributed by atoms with Gasteiger partial charge in [-0.25, -0.2) is 8.42 Å². The predicted molar refractivity (Wildman–Crippen MR) is 86.2 cm³/mol. The fraction of sp³-hybridized carbons (Fsp3) is 0.625. The number of ether oxygens (including phenoxy) is 1. The van der Waals surface area contributed by atoms with Gasteiger partial charge in [-0.05, 0) is 43.0 Å². The smallest absolute Gasteiger partial charge is 0.175 e. The maximum absolute atomic E-state index is 11.7. The van der Waals surface area contributed by atoms with Gasteiger partial charge >= 0.3 is 0 Å². The maximum atomic E-state index is 11.7. The molecule has 0 bridgehead atoms. The highest BCUT2D eigenvalue weighted by atomic mass is 32.2. The van der Waals surface area contributed by atoms with Gasteiger partial charge in [0.1, 0.15) is 0 Å². The Kier molecular flexibility index (Phi) is 7.35. The van der Waals surface area contributed by atoms with Crippen LogP contribution in [-0.4, -0.2) is 34.9 Å². The molecule has 0 saturated heterocycles. The summed E-state index contributed by atoms with van der Waals surface area (Å²) in [6.07, 6.45) is 3.22. The van der Waals surface area contributed by atoms with Crippen LogP contribution < -0.4 is 5.32 Å². The zero-order valence-corrected chi connectivity index (χ0v) is 14.2. The first-order chi connectivity index (χ1) is 9.90. The number of methoxy groups -OCH3 is 1. The van der Waals surface area contributed by atoms with Crippen LogP contribution in [0.1, 0.15) is 38.3 Å². The van der Waals surface area contributed by atoms with Crippen LogP contribution in [0.5, 0.6) is 0 Å². The van der Waals surface area contributed by atoms with E-state index in [4.69, 9.17) is 4.74 Å². The highest BCUT2D eigenvalue weighted by Gasteiger charge is 2.20. The Morgan fingerprint density at radius 3 is 2.62 bits per heavy atom. The van der Waals surface area contributed by atoms with Crippen molar-refractivity contribution >= 4 is 9.84 Å². The van der Waals surface area contributed by atoms with Gasteiger partial charge in [-0.3, -0.25) is 0 Å². The van der Waals surface area contributed by atoms with Crippen molar-refractivity contribution in [3.05, 3.63) is 29.8 Å². The molecule has 5 heteroatoms. The summed E-state index contributed by atoms with van der Waals surface area (Å²) in [6, 6.07) is 7.38. The Morgan fingerprint density at radius 2 is 2.05 bits per heavy atom. The maximum Gasteiger partial charge on any atom is 0.175 e. The van der Waals surface area contributed by atoms with E-state index in [9.17, 15) is 8.42 Å². The summed E-state index contributed by atoms with van der Waals surface area (Å²) < 4.78 is 28.6. The summed E-state index contributed by atoms with van der Waals surface area (Å²) in [5, 5.41) is 3.52. The van der Waals surface area contributed by atoms with Crippen LogP contribution in [0.15, 0.2) is 29.2 Å². The van der Waals surface area contributed by atoms with Gasteiger partial charge < -0.3 is 10.1 Å². The van der Waals surface area contributed by atoms with Crippen molar-refractivity contribution in [1.29, 1.82) is 0 Å². The Balaban J connectivity index is 3.02. The van der Waals surface area contributed by atoms with Gasteiger partial charge in [-0.15, -0.1) is 0 Å². The topological polar surface area (TPSA) is 55.4 Å². The molecule has 1 rings (SSSR count). The zero-order chi connectivity index (χ0) is 15.9. The van der Waals surface area contributed by atoms with Gasteiger partial charge in [0.15, 0.2) is 9.84 Å². The van der Waals surface area contributed by atoms with E-state index in [0.717, 1.165) is 24.9 Å². The van der Waals surface area contributed by atoms with Gasteiger partial charge in [-0.2, -0.15) is 0 Å². The first-order valence-corrected chi connectivity index (χ1v) is 9.31. The number of sulfone groups is 1. The summed E-state index contributed by atoms with van der Waals surface area (Å²) in [4.78, 5) is 0.377. The summed E-state index contributed by atoms with van der Waals surface area (Å²) >= 11 is 0. The van der Waals surface area contributed by atoms with Crippen LogP contribution in [0.25, 0.3) is 0 Å². The zero-order valence-electron chi connectivity index (χ0n) is 13.4. The molecule has 0 aromatic heterocycles. The SMILES string of the molecule is CCCNC(c1cccc(S(C)(=O)=O)c1)C(C)CCOC. The Morgan fingerprint density at radius 1 is 1.33 bits per heavy atom. The lowest BCUT2D eigenvalue weighted by atomic mass is 9.92. The average Bonchev–Trinajstić information content (AvgIpc) is 2.45. The van der Waals surface area contributed by atoms with E-state index < -0.39 is 9.84 Å². The molecule has 0 aliphatic carbocycles. The lowest BCUT2D eigenvalue weighted by Crippen LogP contribution is -2.28. The van der Waals surface area contributed by atoms with E-state index in [2.05, 4.69) is 19.2 Å². The van der Waals surface area contributed by atoms with E-state index in [1.807, 2.05) is 12.1 Å². The van der Waals surface area contributed by atoms with Crippen LogP contribution in [0.4, 0.5) is 0 Å². The van der Waals surface area contributed by atoms with Gasteiger partial charge in [0.05, 0.1) is 4.90 Å². The molecule has 0 spiro atoms. The Bertz CT molecular complexity index is 528. The molecule has 1 N–H and O–H groups in total. The fourth-order valence-corrected chi connectivity index (χ4v) is 3.03. The first kappa shape index (κ1) is 18.1. The molecule has 0 heterocycles. The Labute approximate surface area is 128 Å². The van der Waals surface area contributed by atoms with E-state index in [1.54, 1.807) is 19.2 Å². The van der Waals surface area contributed by atoms with Gasteiger partial charge in [0.25, 0.3) is 0 Å². The number of hydrogen-bond acceptors (Lipinski definition) is 4. The third-order valence-corrected chi connectivity index (χ3v) is 4.72. The number of nitrogens with one attached hydrogen (secondary N) is 1. The molecule has 0 amide bonds. The lowest BCUT2D eigenvalue weighted by molar-refractivity contribution is 0.170. The number of hydrogen-bond donors (Lipinski definition) is 1. The molecule has 4 nitrogen and oxygen atoms in total. The van der Waals surface area contributed by atoms with E-state index in [0.29, 0.717) is 17.4 Å². The largest absolute Gasteiger partial charge is 0.385 e. The minimum atomic E-state index is -3.17. The molecule has 0 saturated carbocycles. The van der Waals surface area contributed by atoms with E-state index >= 15 is 0 Å². The predicted octanol–water partition coefficient (Wildman–Crippen LogP) is 2.80. The molecular weight excluding hydrogens is 286 g/mol. The second-order valence-corrected chi connectivity index (χ2v) is 7.55. The van der Waals surface area contributed by atoms with Crippen molar-refractivity contribution in [2.45, 2.75) is 37.6 Å². The highest BCUT2D eigenvalue weighted by Crippen LogP contribution is 2.26. The summed E-state index contributed by atoms with van der Waals surface area (Å²) in [7, 11) is -1.47. The summed E-state index contributed by atoms with van der Waals surface area (Å²) in [5.74, 6) is 0.367. The molecule has 0 radical (unpaired) electrons. The summed E-state index contributed by atoms with van der Waals surface area (Å²) in [5.41, 5.74) is 1.02. The highest BCUT2D eigenvalue weighted by molar-refractivity contribution is 7.90. The molecule has 2 unspecified atom stereocenters. The Hall–Kier alpha value is -0.910. The van der Waals surface area contributed by atoms with Crippen LogP contribution in [-0.2, 0) is 14.6 Å². The second-order valence-electron chi connectivity index (χ2n) is 5.54. The molecule has 0 aliphatic rings. The third kappa shape index (κ3) is 5.77. The van der Waals surface area contributed by atoms with Crippen molar-refractivity contribution in [2.24, 2.45) is 5.92 Å². The number of rotatable bonds is 9. The second kappa shape index (κ2) is 8.51. The van der Waals surface area contributed by atoms with Gasteiger partial charge in [-0.1, -0.05) is 26.0 Å². The quantitative estimate of drug-likeness (QED) is 0.761. The molecule has 0 fully saturated rings. The third-order valence-electron chi connectivity index (χ3n) is 3.61. The average molecular weight is 313 g/mol. The molecule has 0 aliphatic heterocycles. The van der Waals surface area contributed by atoms with Crippen molar-refractivity contribution in [3.63, 3.8) is 0 Å². The fourth-order valence-electron chi connectivity index (χ4n) is 2.36. The van der Waals surface area contributed by atoms with Crippen molar-refractivity contribution in [3.8, 4) is 0 Å². The van der Waals surface area contributed by atoms with Crippen molar-refractivity contribution in [2.75, 3.05) is 26.5 Å². The standard InChI is InChI=1S/C16H27NO3S/c1-5-10-17-16(13(2)9-11-20-3)14-7-6-8-15(12-14)21(4,18)19/h6-8,12-13,16-17H,5,9-11H2,1-4H3.